The number of carboxylic acid groups (broad SMARTS) is 2. The van der Waals surface area contributed by atoms with Gasteiger partial charge in [0.2, 0.25) is 0 Å². The fraction of sp³-hybridized carbons (Fsp3) is 0.393. The van der Waals surface area contributed by atoms with Crippen LogP contribution < -0.4 is 5.32 Å². The second-order valence-corrected chi connectivity index (χ2v) is 22.0. The van der Waals surface area contributed by atoms with Crippen LogP contribution in [0.3, 0.4) is 0 Å². The van der Waals surface area contributed by atoms with Crippen molar-refractivity contribution in [3.8, 4) is 36.0 Å². The first-order valence-corrected chi connectivity index (χ1v) is 26.8. The first kappa shape index (κ1) is 58.8. The summed E-state index contributed by atoms with van der Waals surface area (Å²) in [6.07, 6.45) is 12.9. The van der Waals surface area contributed by atoms with Crippen LogP contribution in [0, 0.1) is 36.0 Å². The quantitative estimate of drug-likeness (QED) is 0.147. The number of halogens is 3. The minimum absolute atomic E-state index is 0.271. The van der Waals surface area contributed by atoms with Crippen molar-refractivity contribution in [2.45, 2.75) is 104 Å². The Hall–Kier alpha value is -6.09. The largest absolute Gasteiger partial charge is 0.481 e. The number of thiazole rings is 2. The number of benzene rings is 3. The third-order valence-electron chi connectivity index (χ3n) is 11.2. The Balaban J connectivity index is 0.000000193. The second kappa shape index (κ2) is 28.0. The van der Waals surface area contributed by atoms with Crippen LogP contribution in [-0.4, -0.2) is 105 Å². The lowest BCUT2D eigenvalue weighted by Gasteiger charge is -2.26. The first-order chi connectivity index (χ1) is 35.1. The van der Waals surface area contributed by atoms with E-state index in [0.717, 1.165) is 81.6 Å². The van der Waals surface area contributed by atoms with E-state index in [9.17, 15) is 19.2 Å². The van der Waals surface area contributed by atoms with Crippen molar-refractivity contribution in [2.24, 2.45) is 0 Å². The summed E-state index contributed by atoms with van der Waals surface area (Å²) in [5.41, 5.74) is 8.78. The molecule has 0 aliphatic carbocycles. The Kier molecular flexibility index (Phi) is 22.2. The fourth-order valence-corrected chi connectivity index (χ4v) is 9.44. The van der Waals surface area contributed by atoms with Gasteiger partial charge in [-0.1, -0.05) is 70.8 Å². The Labute approximate surface area is 456 Å². The predicted octanol–water partition coefficient (Wildman–Crippen LogP) is 11.0. The molecule has 5 heterocycles. The molecule has 2 amide bonds. The van der Waals surface area contributed by atoms with Gasteiger partial charge in [-0.2, -0.15) is 0 Å². The lowest BCUT2D eigenvalue weighted by atomic mass is 9.97. The highest BCUT2D eigenvalue weighted by atomic mass is 35.5. The molecule has 3 aliphatic rings. The third-order valence-corrected chi connectivity index (χ3v) is 13.5. The van der Waals surface area contributed by atoms with Crippen molar-refractivity contribution in [2.75, 3.05) is 39.3 Å². The highest BCUT2D eigenvalue weighted by Gasteiger charge is 2.27. The standard InChI is InChI=1S/C20H21ClN2O2S.C17H20ClNO2.C15H13ClN2S.C4H6O4/c1-20(2,3)25-19(24)23-11-8-14-4-6-17(21)16(15(14)9-12-23)5-7-18-22-10-13-26-18;1-5-13-14-9-11-19(16(20)21-17(2,3)4)10-8-12(14)6-7-15(13)18;16-14-3-1-11-5-7-17-8-6-12(11)13(14)2-4-15-18-9-10-19-15;5-3(6)1-2-4(7)8/h4,6,10,13H,8-9,11-12H2,1-3H3;1,6-7H,8-11H2,2-4H3;1,3,9-10,17H,5-8H2;1-2H2,(H,5,6)(H,7,8). The van der Waals surface area contributed by atoms with Gasteiger partial charge < -0.3 is 34.8 Å². The molecular weight excluding hydrogens is 1040 g/mol. The molecule has 0 atom stereocenters. The van der Waals surface area contributed by atoms with E-state index < -0.39 is 23.1 Å². The highest BCUT2D eigenvalue weighted by molar-refractivity contribution is 7.10. The molecule has 0 saturated heterocycles. The molecule has 0 saturated carbocycles. The Morgan fingerprint density at radius 3 is 1.36 bits per heavy atom. The van der Waals surface area contributed by atoms with Crippen LogP contribution in [0.25, 0.3) is 0 Å². The topological polar surface area (TPSA) is 171 Å². The maximum atomic E-state index is 12.4. The van der Waals surface area contributed by atoms with E-state index in [2.05, 4.69) is 51.0 Å². The zero-order valence-corrected chi connectivity index (χ0v) is 46.2. The van der Waals surface area contributed by atoms with Crippen LogP contribution in [0.5, 0.6) is 0 Å². The summed E-state index contributed by atoms with van der Waals surface area (Å²) in [4.78, 5) is 55.7. The van der Waals surface area contributed by atoms with Gasteiger partial charge in [-0.05, 0) is 157 Å². The van der Waals surface area contributed by atoms with Crippen molar-refractivity contribution >= 4 is 81.6 Å². The number of carbonyl (C=O) groups excluding carboxylic acids is 2. The third kappa shape index (κ3) is 18.7. The van der Waals surface area contributed by atoms with E-state index in [0.29, 0.717) is 49.1 Å². The predicted molar refractivity (Wildman–Crippen MR) is 294 cm³/mol. The lowest BCUT2D eigenvalue weighted by molar-refractivity contribution is -0.143. The summed E-state index contributed by atoms with van der Waals surface area (Å²) < 4.78 is 10.9. The van der Waals surface area contributed by atoms with Crippen LogP contribution in [0.2, 0.25) is 15.1 Å². The van der Waals surface area contributed by atoms with Gasteiger partial charge in [-0.15, -0.1) is 29.1 Å². The molecule has 0 radical (unpaired) electrons. The summed E-state index contributed by atoms with van der Waals surface area (Å²) in [5.74, 6) is 13.1. The van der Waals surface area contributed by atoms with Crippen molar-refractivity contribution in [1.29, 1.82) is 0 Å². The molecule has 390 valence electrons. The molecule has 18 heteroatoms. The van der Waals surface area contributed by atoms with E-state index in [1.54, 1.807) is 33.5 Å². The van der Waals surface area contributed by atoms with Crippen LogP contribution in [0.4, 0.5) is 9.59 Å². The van der Waals surface area contributed by atoms with Crippen molar-refractivity contribution < 1.29 is 38.9 Å². The monoisotopic (exact) mass is 1100 g/mol. The summed E-state index contributed by atoms with van der Waals surface area (Å²) in [6, 6.07) is 11.8. The number of amides is 2. The minimum Gasteiger partial charge on any atom is -0.481 e. The molecular formula is C56H60Cl3N5O8S2. The molecule has 0 bridgehead atoms. The van der Waals surface area contributed by atoms with Gasteiger partial charge in [0, 0.05) is 66.0 Å². The van der Waals surface area contributed by atoms with Crippen LogP contribution >= 0.6 is 57.5 Å². The molecule has 0 unspecified atom stereocenters. The highest BCUT2D eigenvalue weighted by Crippen LogP contribution is 2.29. The number of rotatable bonds is 3. The number of aliphatic carboxylic acids is 2. The Morgan fingerprint density at radius 1 is 0.595 bits per heavy atom. The smallest absolute Gasteiger partial charge is 0.410 e. The van der Waals surface area contributed by atoms with Gasteiger partial charge in [0.05, 0.1) is 27.9 Å². The molecule has 8 rings (SSSR count). The summed E-state index contributed by atoms with van der Waals surface area (Å²) in [6.45, 7) is 15.7. The van der Waals surface area contributed by atoms with Gasteiger partial charge in [-0.3, -0.25) is 9.59 Å². The number of fused-ring (bicyclic) bond motifs is 3. The minimum atomic E-state index is -1.08. The zero-order chi connectivity index (χ0) is 54.0. The fourth-order valence-electron chi connectivity index (χ4n) is 7.80. The molecule has 0 spiro atoms. The maximum absolute atomic E-state index is 12.4. The molecule has 3 N–H and O–H groups in total. The number of ether oxygens (including phenoxy) is 2. The van der Waals surface area contributed by atoms with Crippen LogP contribution in [-0.2, 0) is 57.6 Å². The number of carboxylic acids is 2. The molecule has 74 heavy (non-hydrogen) atoms. The molecule has 0 fully saturated rings. The second-order valence-electron chi connectivity index (χ2n) is 19.0. The average Bonchev–Trinajstić information content (AvgIpc) is 3.88. The van der Waals surface area contributed by atoms with E-state index in [1.807, 2.05) is 82.6 Å². The molecule has 3 aromatic carbocycles. The van der Waals surface area contributed by atoms with Gasteiger partial charge >= 0.3 is 24.1 Å². The van der Waals surface area contributed by atoms with Gasteiger partial charge in [0.15, 0.2) is 10.0 Å². The summed E-state index contributed by atoms with van der Waals surface area (Å²) >= 11 is 21.9. The normalized spacial score (nSPS) is 13.7. The van der Waals surface area contributed by atoms with Crippen LogP contribution in [0.15, 0.2) is 59.6 Å². The molecule has 13 nitrogen and oxygen atoms in total. The van der Waals surface area contributed by atoms with Gasteiger partial charge in [0.25, 0.3) is 0 Å². The average molecular weight is 1100 g/mol. The Bertz CT molecular complexity index is 2920. The number of carbonyl (C=O) groups is 4. The number of hydrogen-bond donors (Lipinski definition) is 3. The number of nitrogens with one attached hydrogen (secondary N) is 1. The summed E-state index contributed by atoms with van der Waals surface area (Å²) in [5, 5.41) is 26.6. The first-order valence-electron chi connectivity index (χ1n) is 23.9. The number of terminal acetylenes is 1. The lowest BCUT2D eigenvalue weighted by Crippen LogP contribution is -2.38. The van der Waals surface area contributed by atoms with E-state index in [4.69, 9.17) is 60.9 Å². The van der Waals surface area contributed by atoms with Crippen molar-refractivity contribution in [3.63, 3.8) is 0 Å². The molecule has 2 aromatic heterocycles. The van der Waals surface area contributed by atoms with Crippen molar-refractivity contribution in [3.05, 3.63) is 135 Å². The number of nitrogens with zero attached hydrogens (tertiary/aromatic N) is 4. The maximum Gasteiger partial charge on any atom is 0.410 e. The van der Waals surface area contributed by atoms with E-state index in [-0.39, 0.29) is 25.0 Å². The summed E-state index contributed by atoms with van der Waals surface area (Å²) in [7, 11) is 0. The van der Waals surface area contributed by atoms with Gasteiger partial charge in [0.1, 0.15) is 11.2 Å². The zero-order valence-electron chi connectivity index (χ0n) is 42.3. The van der Waals surface area contributed by atoms with Crippen molar-refractivity contribution in [1.82, 2.24) is 25.1 Å². The molecule has 5 aromatic rings. The van der Waals surface area contributed by atoms with E-state index >= 15 is 0 Å². The van der Waals surface area contributed by atoms with Crippen LogP contribution in [0.1, 0.15) is 114 Å². The SMILES string of the molecule is C#Cc1c(Cl)ccc2c1CCN(C(=O)OC(C)(C)C)CC2.CC(C)(C)OC(=O)N1CCc2ccc(Cl)c(C#Cc3nccs3)c2CC1.Clc1ccc2c(c1C#Cc1nccs1)CCNCC2.O=C(O)CCC(=O)O. The van der Waals surface area contributed by atoms with E-state index in [1.165, 1.54) is 33.6 Å². The van der Waals surface area contributed by atoms with Gasteiger partial charge in [-0.25, -0.2) is 19.6 Å². The number of aromatic nitrogens is 2. The Morgan fingerprint density at radius 2 is 0.973 bits per heavy atom. The number of hydrogen-bond acceptors (Lipinski definition) is 11. The molecule has 3 aliphatic heterocycles.